The molecular formula is C12H10BrNO2S. The summed E-state index contributed by atoms with van der Waals surface area (Å²) in [6, 6.07) is 5.82. The highest BCUT2D eigenvalue weighted by Crippen LogP contribution is 2.30. The van der Waals surface area contributed by atoms with Crippen molar-refractivity contribution in [2.24, 2.45) is 0 Å². The monoisotopic (exact) mass is 311 g/mol. The molecule has 1 aromatic heterocycles. The molecule has 3 nitrogen and oxygen atoms in total. The Morgan fingerprint density at radius 3 is 3.00 bits per heavy atom. The van der Waals surface area contributed by atoms with Gasteiger partial charge in [-0.3, -0.25) is 9.78 Å². The summed E-state index contributed by atoms with van der Waals surface area (Å²) in [4.78, 5) is 15.9. The number of aryl methyl sites for hydroxylation is 1. The van der Waals surface area contributed by atoms with Crippen molar-refractivity contribution in [3.05, 3.63) is 34.4 Å². The summed E-state index contributed by atoms with van der Waals surface area (Å²) in [5.41, 5.74) is 2.00. The Hall–Kier alpha value is -1.07. The van der Waals surface area contributed by atoms with Gasteiger partial charge in [0.2, 0.25) is 0 Å². The molecule has 17 heavy (non-hydrogen) atoms. The molecule has 1 aromatic carbocycles. The molecule has 1 heterocycles. The van der Waals surface area contributed by atoms with Crippen molar-refractivity contribution in [2.45, 2.75) is 11.8 Å². The van der Waals surface area contributed by atoms with Gasteiger partial charge in [-0.05, 0) is 30.7 Å². The number of nitrogens with zero attached hydrogens (tertiary/aromatic N) is 1. The van der Waals surface area contributed by atoms with Crippen molar-refractivity contribution in [1.82, 2.24) is 4.98 Å². The molecule has 1 N–H and O–H groups in total. The van der Waals surface area contributed by atoms with Crippen LogP contribution in [0.2, 0.25) is 0 Å². The minimum atomic E-state index is -0.813. The van der Waals surface area contributed by atoms with Crippen molar-refractivity contribution in [3.8, 4) is 0 Å². The highest BCUT2D eigenvalue weighted by atomic mass is 79.9. The Morgan fingerprint density at radius 2 is 2.29 bits per heavy atom. The molecule has 2 rings (SSSR count). The van der Waals surface area contributed by atoms with E-state index in [4.69, 9.17) is 5.11 Å². The highest BCUT2D eigenvalue weighted by molar-refractivity contribution is 9.10. The Morgan fingerprint density at radius 1 is 1.53 bits per heavy atom. The summed E-state index contributed by atoms with van der Waals surface area (Å²) >= 11 is 4.76. The molecule has 0 unspecified atom stereocenters. The number of carbonyl (C=O) groups is 1. The molecule has 0 fully saturated rings. The van der Waals surface area contributed by atoms with E-state index in [-0.39, 0.29) is 5.75 Å². The largest absolute Gasteiger partial charge is 0.481 e. The van der Waals surface area contributed by atoms with Crippen LogP contribution in [0.25, 0.3) is 10.9 Å². The van der Waals surface area contributed by atoms with Gasteiger partial charge in [0.25, 0.3) is 0 Å². The lowest BCUT2D eigenvalue weighted by Gasteiger charge is -2.07. The van der Waals surface area contributed by atoms with E-state index in [2.05, 4.69) is 20.9 Å². The molecule has 0 saturated carbocycles. The summed E-state index contributed by atoms with van der Waals surface area (Å²) in [5, 5.41) is 9.70. The van der Waals surface area contributed by atoms with Crippen LogP contribution in [0.3, 0.4) is 0 Å². The van der Waals surface area contributed by atoms with Crippen LogP contribution in [-0.2, 0) is 4.79 Å². The first-order chi connectivity index (χ1) is 8.08. The summed E-state index contributed by atoms with van der Waals surface area (Å²) in [6.45, 7) is 1.99. The summed E-state index contributed by atoms with van der Waals surface area (Å²) in [7, 11) is 0. The Balaban J connectivity index is 2.52. The standard InChI is InChI=1S/C12H10BrNO2S/c1-7-4-8(13)5-9-10(17-6-11(15)16)2-3-14-12(7)9/h2-5H,6H2,1H3,(H,15,16). The van der Waals surface area contributed by atoms with Gasteiger partial charge < -0.3 is 5.11 Å². The van der Waals surface area contributed by atoms with Gasteiger partial charge in [0.15, 0.2) is 0 Å². The number of halogens is 1. The second kappa shape index (κ2) is 5.06. The van der Waals surface area contributed by atoms with Gasteiger partial charge in [-0.1, -0.05) is 15.9 Å². The van der Waals surface area contributed by atoms with Crippen molar-refractivity contribution in [2.75, 3.05) is 5.75 Å². The van der Waals surface area contributed by atoms with E-state index in [1.807, 2.05) is 25.1 Å². The van der Waals surface area contributed by atoms with Crippen LogP contribution in [-0.4, -0.2) is 21.8 Å². The quantitative estimate of drug-likeness (QED) is 0.882. The number of thioether (sulfide) groups is 1. The zero-order valence-electron chi connectivity index (χ0n) is 9.11. The number of rotatable bonds is 3. The number of hydrogen-bond donors (Lipinski definition) is 1. The molecule has 0 aliphatic carbocycles. The van der Waals surface area contributed by atoms with Crippen molar-refractivity contribution >= 4 is 44.6 Å². The molecule has 0 atom stereocenters. The Labute approximate surface area is 111 Å². The predicted octanol–water partition coefficient (Wildman–Crippen LogP) is 3.48. The molecule has 0 aliphatic heterocycles. The van der Waals surface area contributed by atoms with E-state index < -0.39 is 5.97 Å². The maximum absolute atomic E-state index is 10.6. The smallest absolute Gasteiger partial charge is 0.313 e. The van der Waals surface area contributed by atoms with E-state index in [0.717, 1.165) is 25.8 Å². The van der Waals surface area contributed by atoms with Gasteiger partial charge >= 0.3 is 5.97 Å². The maximum Gasteiger partial charge on any atom is 0.313 e. The molecule has 0 spiro atoms. The zero-order valence-corrected chi connectivity index (χ0v) is 11.5. The fourth-order valence-corrected chi connectivity index (χ4v) is 2.95. The highest BCUT2D eigenvalue weighted by Gasteiger charge is 2.07. The van der Waals surface area contributed by atoms with E-state index in [9.17, 15) is 4.79 Å². The number of pyridine rings is 1. The zero-order chi connectivity index (χ0) is 12.4. The number of aliphatic carboxylic acids is 1. The fourth-order valence-electron chi connectivity index (χ4n) is 1.63. The number of carboxylic acids is 1. The summed E-state index contributed by atoms with van der Waals surface area (Å²) in [5.74, 6) is -0.753. The SMILES string of the molecule is Cc1cc(Br)cc2c(SCC(=O)O)ccnc12. The average Bonchev–Trinajstić information content (AvgIpc) is 2.26. The molecule has 0 aliphatic rings. The van der Waals surface area contributed by atoms with E-state index in [1.54, 1.807) is 6.20 Å². The van der Waals surface area contributed by atoms with Crippen LogP contribution in [0.15, 0.2) is 33.8 Å². The number of aromatic nitrogens is 1. The maximum atomic E-state index is 10.6. The summed E-state index contributed by atoms with van der Waals surface area (Å²) in [6.07, 6.45) is 1.72. The van der Waals surface area contributed by atoms with Gasteiger partial charge in [-0.15, -0.1) is 11.8 Å². The molecule has 5 heteroatoms. The Kier molecular flexibility index (Phi) is 3.69. The molecule has 2 aromatic rings. The lowest BCUT2D eigenvalue weighted by Crippen LogP contribution is -1.97. The van der Waals surface area contributed by atoms with Gasteiger partial charge in [0.05, 0.1) is 11.3 Å². The van der Waals surface area contributed by atoms with Crippen LogP contribution in [0.1, 0.15) is 5.56 Å². The van der Waals surface area contributed by atoms with Gasteiger partial charge in [0, 0.05) is 21.0 Å². The van der Waals surface area contributed by atoms with E-state index in [1.165, 1.54) is 11.8 Å². The van der Waals surface area contributed by atoms with Crippen molar-refractivity contribution in [1.29, 1.82) is 0 Å². The van der Waals surface area contributed by atoms with Gasteiger partial charge in [-0.2, -0.15) is 0 Å². The van der Waals surface area contributed by atoms with Crippen LogP contribution in [0, 0.1) is 6.92 Å². The third-order valence-corrected chi connectivity index (χ3v) is 3.83. The van der Waals surface area contributed by atoms with Gasteiger partial charge in [0.1, 0.15) is 0 Å². The number of fused-ring (bicyclic) bond motifs is 1. The van der Waals surface area contributed by atoms with Crippen molar-refractivity contribution in [3.63, 3.8) is 0 Å². The number of benzene rings is 1. The molecule has 88 valence electrons. The first-order valence-corrected chi connectivity index (χ1v) is 6.75. The van der Waals surface area contributed by atoms with Crippen molar-refractivity contribution < 1.29 is 9.90 Å². The second-order valence-corrected chi connectivity index (χ2v) is 5.54. The first-order valence-electron chi connectivity index (χ1n) is 4.97. The third-order valence-electron chi connectivity index (χ3n) is 2.31. The average molecular weight is 312 g/mol. The first kappa shape index (κ1) is 12.4. The summed E-state index contributed by atoms with van der Waals surface area (Å²) < 4.78 is 0.979. The molecular weight excluding hydrogens is 302 g/mol. The van der Waals surface area contributed by atoms with Crippen LogP contribution in [0.4, 0.5) is 0 Å². The van der Waals surface area contributed by atoms with E-state index in [0.29, 0.717) is 0 Å². The van der Waals surface area contributed by atoms with Crippen LogP contribution in [0.5, 0.6) is 0 Å². The number of carboxylic acid groups (broad SMARTS) is 1. The minimum Gasteiger partial charge on any atom is -0.481 e. The predicted molar refractivity (Wildman–Crippen MR) is 72.5 cm³/mol. The lowest BCUT2D eigenvalue weighted by atomic mass is 10.1. The molecule has 0 saturated heterocycles. The topological polar surface area (TPSA) is 50.2 Å². The molecule has 0 bridgehead atoms. The van der Waals surface area contributed by atoms with Crippen LogP contribution < -0.4 is 0 Å². The fraction of sp³-hybridized carbons (Fsp3) is 0.167. The second-order valence-electron chi connectivity index (χ2n) is 3.61. The van der Waals surface area contributed by atoms with Gasteiger partial charge in [-0.25, -0.2) is 0 Å². The van der Waals surface area contributed by atoms with Crippen LogP contribution >= 0.6 is 27.7 Å². The Bertz CT molecular complexity index is 586. The number of hydrogen-bond acceptors (Lipinski definition) is 3. The molecule has 0 radical (unpaired) electrons. The minimum absolute atomic E-state index is 0.0602. The normalized spacial score (nSPS) is 10.7. The third kappa shape index (κ3) is 2.79. The molecule has 0 amide bonds. The lowest BCUT2D eigenvalue weighted by molar-refractivity contribution is -0.133. The van der Waals surface area contributed by atoms with E-state index >= 15 is 0 Å².